The van der Waals surface area contributed by atoms with Crippen LogP contribution in [0.25, 0.3) is 11.3 Å². The van der Waals surface area contributed by atoms with Crippen molar-refractivity contribution in [2.45, 2.75) is 6.42 Å². The summed E-state index contributed by atoms with van der Waals surface area (Å²) in [6, 6.07) is 9.31. The Bertz CT molecular complexity index is 660. The van der Waals surface area contributed by atoms with Gasteiger partial charge in [-0.1, -0.05) is 11.2 Å². The highest BCUT2D eigenvalue weighted by molar-refractivity contribution is 5.95. The van der Waals surface area contributed by atoms with Crippen LogP contribution in [0.4, 0.5) is 5.88 Å². The fourth-order valence-electron chi connectivity index (χ4n) is 2.40. The second-order valence-electron chi connectivity index (χ2n) is 4.98. The molecule has 1 saturated heterocycles. The predicted molar refractivity (Wildman–Crippen MR) is 79.1 cm³/mol. The van der Waals surface area contributed by atoms with Crippen molar-refractivity contribution in [3.63, 3.8) is 0 Å². The van der Waals surface area contributed by atoms with Crippen molar-refractivity contribution in [3.05, 3.63) is 43.0 Å². The Kier molecular flexibility index (Phi) is 3.48. The molecule has 2 heterocycles. The summed E-state index contributed by atoms with van der Waals surface area (Å²) in [5.74, 6) is 1.48. The van der Waals surface area contributed by atoms with E-state index in [2.05, 4.69) is 11.7 Å². The Hall–Kier alpha value is -2.56. The predicted octanol–water partition coefficient (Wildman–Crippen LogP) is 2.89. The Labute approximate surface area is 122 Å². The van der Waals surface area contributed by atoms with E-state index in [-0.39, 0.29) is 11.8 Å². The van der Waals surface area contributed by atoms with E-state index < -0.39 is 0 Å². The van der Waals surface area contributed by atoms with Crippen LogP contribution >= 0.6 is 0 Å². The number of carbonyl (C=O) groups is 1. The molecule has 1 aliphatic heterocycles. The van der Waals surface area contributed by atoms with Crippen LogP contribution in [0.15, 0.2) is 47.5 Å². The third kappa shape index (κ3) is 2.54. The van der Waals surface area contributed by atoms with E-state index >= 15 is 0 Å². The molecule has 3 rings (SSSR count). The minimum Gasteiger partial charge on any atom is -0.497 e. The topological polar surface area (TPSA) is 55.6 Å². The standard InChI is InChI=1S/C16H16N2O3/c1-3-11-8-15(19)18(10-11)16-9-14(17-21-16)12-4-6-13(20-2)7-5-12/h3-7,9,11H,1,8,10H2,2H3. The molecule has 1 fully saturated rings. The molecule has 0 bridgehead atoms. The fraction of sp³-hybridized carbons (Fsp3) is 0.250. The lowest BCUT2D eigenvalue weighted by atomic mass is 10.1. The maximum Gasteiger partial charge on any atom is 0.234 e. The summed E-state index contributed by atoms with van der Waals surface area (Å²) in [4.78, 5) is 13.6. The van der Waals surface area contributed by atoms with Crippen LogP contribution < -0.4 is 9.64 Å². The number of methoxy groups -OCH3 is 1. The molecule has 2 aromatic rings. The van der Waals surface area contributed by atoms with E-state index in [9.17, 15) is 4.79 Å². The molecule has 0 aliphatic carbocycles. The van der Waals surface area contributed by atoms with E-state index in [1.807, 2.05) is 24.3 Å². The van der Waals surface area contributed by atoms with E-state index in [0.29, 0.717) is 24.5 Å². The number of nitrogens with zero attached hydrogens (tertiary/aromatic N) is 2. The molecule has 1 aromatic carbocycles. The van der Waals surface area contributed by atoms with Crippen LogP contribution in [0, 0.1) is 5.92 Å². The van der Waals surface area contributed by atoms with Gasteiger partial charge in [0.15, 0.2) is 0 Å². The maximum absolute atomic E-state index is 11.9. The minimum absolute atomic E-state index is 0.0392. The number of amides is 1. The zero-order valence-corrected chi connectivity index (χ0v) is 11.8. The average molecular weight is 284 g/mol. The average Bonchev–Trinajstić information content (AvgIpc) is 3.13. The molecule has 0 radical (unpaired) electrons. The van der Waals surface area contributed by atoms with E-state index in [4.69, 9.17) is 9.26 Å². The Morgan fingerprint density at radius 3 is 2.81 bits per heavy atom. The summed E-state index contributed by atoms with van der Waals surface area (Å²) >= 11 is 0. The van der Waals surface area contributed by atoms with Crippen molar-refractivity contribution >= 4 is 11.8 Å². The summed E-state index contributed by atoms with van der Waals surface area (Å²) in [5, 5.41) is 4.04. The van der Waals surface area contributed by atoms with Gasteiger partial charge in [0.05, 0.1) is 7.11 Å². The molecule has 5 heteroatoms. The third-order valence-electron chi connectivity index (χ3n) is 3.64. The Balaban J connectivity index is 1.82. The number of carbonyl (C=O) groups excluding carboxylic acids is 1. The molecule has 1 aromatic heterocycles. The van der Waals surface area contributed by atoms with Gasteiger partial charge in [0.25, 0.3) is 0 Å². The van der Waals surface area contributed by atoms with Gasteiger partial charge in [0, 0.05) is 30.5 Å². The summed E-state index contributed by atoms with van der Waals surface area (Å²) < 4.78 is 10.4. The van der Waals surface area contributed by atoms with Crippen LogP contribution in [0.1, 0.15) is 6.42 Å². The van der Waals surface area contributed by atoms with Crippen LogP contribution in [-0.4, -0.2) is 24.7 Å². The lowest BCUT2D eigenvalue weighted by Gasteiger charge is -2.10. The summed E-state index contributed by atoms with van der Waals surface area (Å²) in [5.41, 5.74) is 1.61. The van der Waals surface area contributed by atoms with Crippen molar-refractivity contribution in [1.82, 2.24) is 5.16 Å². The van der Waals surface area contributed by atoms with E-state index in [1.165, 1.54) is 0 Å². The molecular weight excluding hydrogens is 268 g/mol. The quantitative estimate of drug-likeness (QED) is 0.810. The second-order valence-corrected chi connectivity index (χ2v) is 4.98. The van der Waals surface area contributed by atoms with E-state index in [0.717, 1.165) is 11.3 Å². The highest BCUT2D eigenvalue weighted by atomic mass is 16.5. The zero-order chi connectivity index (χ0) is 14.8. The number of anilines is 1. The second kappa shape index (κ2) is 5.44. The van der Waals surface area contributed by atoms with Gasteiger partial charge in [0.2, 0.25) is 11.8 Å². The van der Waals surface area contributed by atoms with Crippen molar-refractivity contribution in [2.24, 2.45) is 5.92 Å². The van der Waals surface area contributed by atoms with Gasteiger partial charge in [-0.25, -0.2) is 0 Å². The molecule has 1 atom stereocenters. The first-order chi connectivity index (χ1) is 10.2. The van der Waals surface area contributed by atoms with Crippen LogP contribution in [0.3, 0.4) is 0 Å². The van der Waals surface area contributed by atoms with Gasteiger partial charge in [-0.3, -0.25) is 9.69 Å². The number of benzene rings is 1. The summed E-state index contributed by atoms with van der Waals surface area (Å²) in [7, 11) is 1.62. The molecule has 1 aliphatic rings. The smallest absolute Gasteiger partial charge is 0.234 e. The van der Waals surface area contributed by atoms with E-state index in [1.54, 1.807) is 24.2 Å². The molecule has 21 heavy (non-hydrogen) atoms. The molecule has 0 N–H and O–H groups in total. The first kappa shape index (κ1) is 13.4. The van der Waals surface area contributed by atoms with Crippen molar-refractivity contribution in [1.29, 1.82) is 0 Å². The highest BCUT2D eigenvalue weighted by Gasteiger charge is 2.31. The number of rotatable bonds is 4. The molecule has 0 saturated carbocycles. The van der Waals surface area contributed by atoms with Gasteiger partial charge >= 0.3 is 0 Å². The van der Waals surface area contributed by atoms with Gasteiger partial charge in [0.1, 0.15) is 11.4 Å². The molecule has 5 nitrogen and oxygen atoms in total. The minimum atomic E-state index is 0.0392. The number of hydrogen-bond acceptors (Lipinski definition) is 4. The maximum atomic E-state index is 11.9. The van der Waals surface area contributed by atoms with Gasteiger partial charge < -0.3 is 9.26 Å². The van der Waals surface area contributed by atoms with Crippen LogP contribution in [-0.2, 0) is 4.79 Å². The van der Waals surface area contributed by atoms with Gasteiger partial charge in [-0.05, 0) is 24.3 Å². The Morgan fingerprint density at radius 1 is 1.43 bits per heavy atom. The van der Waals surface area contributed by atoms with Gasteiger partial charge in [-0.2, -0.15) is 0 Å². The van der Waals surface area contributed by atoms with Crippen LogP contribution in [0.2, 0.25) is 0 Å². The van der Waals surface area contributed by atoms with Crippen LogP contribution in [0.5, 0.6) is 5.75 Å². The van der Waals surface area contributed by atoms with Gasteiger partial charge in [-0.15, -0.1) is 6.58 Å². The highest BCUT2D eigenvalue weighted by Crippen LogP contribution is 2.30. The lowest BCUT2D eigenvalue weighted by Crippen LogP contribution is -2.23. The molecular formula is C16H16N2O3. The van der Waals surface area contributed by atoms with Crippen molar-refractivity contribution < 1.29 is 14.1 Å². The first-order valence-electron chi connectivity index (χ1n) is 6.75. The SMILES string of the molecule is C=CC1CC(=O)N(c2cc(-c3ccc(OC)cc3)no2)C1. The normalized spacial score (nSPS) is 18.0. The first-order valence-corrected chi connectivity index (χ1v) is 6.75. The monoisotopic (exact) mass is 284 g/mol. The molecule has 0 spiro atoms. The summed E-state index contributed by atoms with van der Waals surface area (Å²) in [6.07, 6.45) is 2.28. The fourth-order valence-corrected chi connectivity index (χ4v) is 2.40. The number of ether oxygens (including phenoxy) is 1. The third-order valence-corrected chi connectivity index (χ3v) is 3.64. The zero-order valence-electron chi connectivity index (χ0n) is 11.8. The van der Waals surface area contributed by atoms with Crippen molar-refractivity contribution in [3.8, 4) is 17.0 Å². The molecule has 108 valence electrons. The summed E-state index contributed by atoms with van der Waals surface area (Å²) in [6.45, 7) is 4.33. The largest absolute Gasteiger partial charge is 0.497 e. The molecule has 1 amide bonds. The number of hydrogen-bond donors (Lipinski definition) is 0. The van der Waals surface area contributed by atoms with Crippen molar-refractivity contribution in [2.75, 3.05) is 18.6 Å². The lowest BCUT2D eigenvalue weighted by molar-refractivity contribution is -0.117. The molecule has 1 unspecified atom stereocenters. The Morgan fingerprint density at radius 2 is 2.19 bits per heavy atom. The number of aromatic nitrogens is 1.